The van der Waals surface area contributed by atoms with Crippen LogP contribution >= 0.6 is 23.2 Å². The summed E-state index contributed by atoms with van der Waals surface area (Å²) in [5, 5.41) is 11.6. The number of aromatic nitrogens is 2. The number of nitrogens with zero attached hydrogens (tertiary/aromatic N) is 3. The quantitative estimate of drug-likeness (QED) is 0.464. The van der Waals surface area contributed by atoms with Crippen molar-refractivity contribution in [1.29, 1.82) is 0 Å². The molecule has 0 aliphatic rings. The first kappa shape index (κ1) is 20.6. The summed E-state index contributed by atoms with van der Waals surface area (Å²) < 4.78 is 1.59. The van der Waals surface area contributed by atoms with E-state index in [0.717, 1.165) is 5.69 Å². The number of hydrogen-bond donors (Lipinski definition) is 2. The average molecular weight is 430 g/mol. The molecule has 0 saturated carbocycles. The van der Waals surface area contributed by atoms with Gasteiger partial charge in [-0.3, -0.25) is 9.59 Å². The molecule has 2 aromatic carbocycles. The van der Waals surface area contributed by atoms with Crippen LogP contribution in [0.2, 0.25) is 10.2 Å². The van der Waals surface area contributed by atoms with Crippen LogP contribution < -0.4 is 10.7 Å². The summed E-state index contributed by atoms with van der Waals surface area (Å²) in [5.74, 6) is -0.893. The summed E-state index contributed by atoms with van der Waals surface area (Å²) in [6, 6.07) is 15.9. The maximum absolute atomic E-state index is 12.0. The molecule has 1 aromatic heterocycles. The fraction of sp³-hybridized carbons (Fsp3) is 0.100. The van der Waals surface area contributed by atoms with Gasteiger partial charge in [0.25, 0.3) is 11.8 Å². The second-order valence-electron chi connectivity index (χ2n) is 6.02. The number of rotatable bonds is 6. The number of carbonyl (C=O) groups is 2. The summed E-state index contributed by atoms with van der Waals surface area (Å²) >= 11 is 12.2. The van der Waals surface area contributed by atoms with E-state index in [2.05, 4.69) is 20.9 Å². The van der Waals surface area contributed by atoms with E-state index < -0.39 is 11.8 Å². The maximum atomic E-state index is 12.0. The Hall–Kier alpha value is -3.16. The van der Waals surface area contributed by atoms with Crippen molar-refractivity contribution < 1.29 is 9.59 Å². The number of aryl methyl sites for hydroxylation is 1. The average Bonchev–Trinajstić information content (AvgIpc) is 3.01. The van der Waals surface area contributed by atoms with Crippen LogP contribution in [0.5, 0.6) is 0 Å². The van der Waals surface area contributed by atoms with Gasteiger partial charge in [-0.2, -0.15) is 10.2 Å². The van der Waals surface area contributed by atoms with Crippen molar-refractivity contribution in [3.63, 3.8) is 0 Å². The summed E-state index contributed by atoms with van der Waals surface area (Å²) in [6.45, 7) is 1.55. The Morgan fingerprint density at radius 1 is 1.14 bits per heavy atom. The van der Waals surface area contributed by atoms with Gasteiger partial charge in [0, 0.05) is 10.6 Å². The van der Waals surface area contributed by atoms with Crippen LogP contribution in [0.15, 0.2) is 59.7 Å². The zero-order valence-corrected chi connectivity index (χ0v) is 16.9. The number of carbonyl (C=O) groups excluding carboxylic acids is 2. The Labute approximate surface area is 177 Å². The largest absolute Gasteiger partial charge is 0.343 e. The van der Waals surface area contributed by atoms with Gasteiger partial charge in [0.05, 0.1) is 29.7 Å². The molecule has 1 heterocycles. The van der Waals surface area contributed by atoms with Crippen molar-refractivity contribution in [2.75, 3.05) is 6.54 Å². The Kier molecular flexibility index (Phi) is 6.64. The Balaban J connectivity index is 1.58. The molecule has 0 saturated heterocycles. The highest BCUT2D eigenvalue weighted by Gasteiger charge is 2.13. The number of benzene rings is 2. The van der Waals surface area contributed by atoms with E-state index in [0.29, 0.717) is 27.0 Å². The van der Waals surface area contributed by atoms with Gasteiger partial charge in [0.15, 0.2) is 0 Å². The number of hydrogen-bond acceptors (Lipinski definition) is 4. The lowest BCUT2D eigenvalue weighted by Gasteiger charge is -2.04. The van der Waals surface area contributed by atoms with Crippen LogP contribution in [0.25, 0.3) is 5.69 Å². The molecule has 0 spiro atoms. The van der Waals surface area contributed by atoms with Gasteiger partial charge in [-0.25, -0.2) is 10.1 Å². The van der Waals surface area contributed by atoms with Crippen molar-refractivity contribution in [2.24, 2.45) is 5.10 Å². The van der Waals surface area contributed by atoms with Gasteiger partial charge < -0.3 is 5.32 Å². The van der Waals surface area contributed by atoms with E-state index in [1.54, 1.807) is 29.8 Å². The molecule has 0 atom stereocenters. The lowest BCUT2D eigenvalue weighted by Crippen LogP contribution is -2.34. The van der Waals surface area contributed by atoms with E-state index >= 15 is 0 Å². The predicted octanol–water partition coefficient (Wildman–Crippen LogP) is 3.37. The van der Waals surface area contributed by atoms with E-state index in [4.69, 9.17) is 23.2 Å². The molecule has 29 heavy (non-hydrogen) atoms. The van der Waals surface area contributed by atoms with Crippen molar-refractivity contribution in [3.05, 3.63) is 81.6 Å². The van der Waals surface area contributed by atoms with E-state index in [-0.39, 0.29) is 6.54 Å². The maximum Gasteiger partial charge on any atom is 0.259 e. The van der Waals surface area contributed by atoms with Gasteiger partial charge in [-0.15, -0.1) is 0 Å². The smallest absolute Gasteiger partial charge is 0.259 e. The minimum absolute atomic E-state index is 0.237. The number of nitrogens with one attached hydrogen (secondary N) is 2. The van der Waals surface area contributed by atoms with Gasteiger partial charge in [-0.1, -0.05) is 47.5 Å². The van der Waals surface area contributed by atoms with Gasteiger partial charge >= 0.3 is 0 Å². The summed E-state index contributed by atoms with van der Waals surface area (Å²) in [4.78, 5) is 23.9. The molecule has 3 rings (SSSR count). The third-order valence-corrected chi connectivity index (χ3v) is 4.53. The lowest BCUT2D eigenvalue weighted by atomic mass is 10.2. The van der Waals surface area contributed by atoms with Crippen LogP contribution in [0, 0.1) is 6.92 Å². The van der Waals surface area contributed by atoms with Crippen LogP contribution in [-0.4, -0.2) is 34.4 Å². The van der Waals surface area contributed by atoms with Gasteiger partial charge in [-0.05, 0) is 37.3 Å². The zero-order chi connectivity index (χ0) is 20.8. The van der Waals surface area contributed by atoms with Crippen LogP contribution in [-0.2, 0) is 4.79 Å². The van der Waals surface area contributed by atoms with Gasteiger partial charge in [0.1, 0.15) is 5.15 Å². The van der Waals surface area contributed by atoms with Crippen LogP contribution in [0.4, 0.5) is 0 Å². The first-order chi connectivity index (χ1) is 14.0. The fourth-order valence-corrected chi connectivity index (χ4v) is 3.01. The lowest BCUT2D eigenvalue weighted by molar-refractivity contribution is -0.120. The topological polar surface area (TPSA) is 88.4 Å². The summed E-state index contributed by atoms with van der Waals surface area (Å²) in [6.07, 6.45) is 1.42. The molecule has 3 aromatic rings. The molecule has 0 bridgehead atoms. The monoisotopic (exact) mass is 429 g/mol. The normalized spacial score (nSPS) is 10.9. The highest BCUT2D eigenvalue weighted by Crippen LogP contribution is 2.21. The number of amides is 2. The second-order valence-corrected chi connectivity index (χ2v) is 6.82. The standard InChI is InChI=1S/C20H17Cl2N5O2/c1-13-17(19(22)27(26-13)16-8-3-2-4-9-16)11-24-25-18(28)12-23-20(29)14-6-5-7-15(21)10-14/h2-11H,12H2,1H3,(H,23,29)(H,25,28)/b24-11+. The Morgan fingerprint density at radius 3 is 2.62 bits per heavy atom. The molecular weight excluding hydrogens is 413 g/mol. The first-order valence-corrected chi connectivity index (χ1v) is 9.37. The summed E-state index contributed by atoms with van der Waals surface area (Å²) in [5.41, 5.74) is 4.77. The molecule has 9 heteroatoms. The van der Waals surface area contributed by atoms with E-state index in [1.807, 2.05) is 30.3 Å². The molecular formula is C20H17Cl2N5O2. The number of halogens is 2. The molecule has 0 aliphatic heterocycles. The molecule has 2 amide bonds. The van der Waals surface area contributed by atoms with Crippen molar-refractivity contribution >= 4 is 41.2 Å². The van der Waals surface area contributed by atoms with Crippen molar-refractivity contribution in [3.8, 4) is 5.69 Å². The molecule has 7 nitrogen and oxygen atoms in total. The number of hydrazone groups is 1. The minimum Gasteiger partial charge on any atom is -0.343 e. The molecule has 2 N–H and O–H groups in total. The highest BCUT2D eigenvalue weighted by molar-refractivity contribution is 6.32. The second kappa shape index (κ2) is 9.36. The molecule has 148 valence electrons. The van der Waals surface area contributed by atoms with Crippen LogP contribution in [0.3, 0.4) is 0 Å². The molecule has 0 aliphatic carbocycles. The number of para-hydroxylation sites is 1. The first-order valence-electron chi connectivity index (χ1n) is 8.62. The summed E-state index contributed by atoms with van der Waals surface area (Å²) in [7, 11) is 0. The third-order valence-electron chi connectivity index (χ3n) is 3.93. The highest BCUT2D eigenvalue weighted by atomic mass is 35.5. The molecule has 0 fully saturated rings. The van der Waals surface area contributed by atoms with Gasteiger partial charge in [0.2, 0.25) is 0 Å². The molecule has 0 radical (unpaired) electrons. The van der Waals surface area contributed by atoms with Crippen molar-refractivity contribution in [2.45, 2.75) is 6.92 Å². The molecule has 0 unspecified atom stereocenters. The third kappa shape index (κ3) is 5.22. The zero-order valence-electron chi connectivity index (χ0n) is 15.4. The van der Waals surface area contributed by atoms with E-state index in [9.17, 15) is 9.59 Å². The van der Waals surface area contributed by atoms with Crippen molar-refractivity contribution in [1.82, 2.24) is 20.5 Å². The fourth-order valence-electron chi connectivity index (χ4n) is 2.50. The predicted molar refractivity (Wildman–Crippen MR) is 113 cm³/mol. The Morgan fingerprint density at radius 2 is 1.90 bits per heavy atom. The van der Waals surface area contributed by atoms with Crippen LogP contribution in [0.1, 0.15) is 21.6 Å². The van der Waals surface area contributed by atoms with E-state index in [1.165, 1.54) is 12.3 Å². The Bertz CT molecular complexity index is 1060. The SMILES string of the molecule is Cc1nn(-c2ccccc2)c(Cl)c1/C=N/NC(=O)CNC(=O)c1cccc(Cl)c1. The minimum atomic E-state index is -0.485.